The van der Waals surface area contributed by atoms with Crippen molar-refractivity contribution in [2.24, 2.45) is 7.05 Å². The van der Waals surface area contributed by atoms with Crippen molar-refractivity contribution >= 4 is 29.8 Å². The topological polar surface area (TPSA) is 106 Å². The van der Waals surface area contributed by atoms with Gasteiger partial charge in [-0.3, -0.25) is 19.2 Å². The normalized spacial score (nSPS) is 14.6. The molecule has 5 rings (SSSR count). The van der Waals surface area contributed by atoms with Gasteiger partial charge in [-0.25, -0.2) is 4.79 Å². The molecule has 0 spiro atoms. The summed E-state index contributed by atoms with van der Waals surface area (Å²) in [6.45, 7) is 0.660. The summed E-state index contributed by atoms with van der Waals surface area (Å²) in [5.41, 5.74) is 5.86. The number of rotatable bonds is 8. The summed E-state index contributed by atoms with van der Waals surface area (Å²) in [5, 5.41) is 10.2. The van der Waals surface area contributed by atoms with Crippen LogP contribution in [0.25, 0.3) is 22.5 Å². The van der Waals surface area contributed by atoms with Crippen molar-refractivity contribution in [3.8, 4) is 22.5 Å². The fraction of sp³-hybridized carbons (Fsp3) is 0.200. The number of amides is 3. The van der Waals surface area contributed by atoms with E-state index in [-0.39, 0.29) is 12.5 Å². The lowest BCUT2D eigenvalue weighted by Crippen LogP contribution is -2.43. The number of carbonyl (C=O) groups is 3. The number of hydrogen-bond donors (Lipinski definition) is 2. The van der Waals surface area contributed by atoms with Crippen molar-refractivity contribution in [3.63, 3.8) is 0 Å². The van der Waals surface area contributed by atoms with E-state index < -0.39 is 12.1 Å². The average Bonchev–Trinajstić information content (AvgIpc) is 3.61. The molecule has 4 aromatic rings. The minimum atomic E-state index is -0.570. The number of aromatic nitrogens is 2. The van der Waals surface area contributed by atoms with Crippen LogP contribution >= 0.6 is 0 Å². The molecule has 0 bridgehead atoms. The van der Waals surface area contributed by atoms with Gasteiger partial charge in [0, 0.05) is 30.5 Å². The standard InChI is InChI=1S/C30H29N5O4/c1-34-28(23-11-13-24(14-12-23)31-20-36)18-26(33-34)22-9-15-25(16-10-22)32-29(37)27-8-5-17-35(27)30(38)39-19-21-6-3-2-4-7-21/h2-4,6-7,9-16,18,20,27H,5,8,17,19H2,1H3,(H,31,36)(H,32,37)/t27-/m0/s1. The minimum absolute atomic E-state index is 0.171. The maximum absolute atomic E-state index is 13.0. The van der Waals surface area contributed by atoms with E-state index in [9.17, 15) is 14.4 Å². The highest BCUT2D eigenvalue weighted by atomic mass is 16.6. The molecular formula is C30H29N5O4. The summed E-state index contributed by atoms with van der Waals surface area (Å²) < 4.78 is 7.25. The Bertz CT molecular complexity index is 1450. The third kappa shape index (κ3) is 5.98. The van der Waals surface area contributed by atoms with Crippen LogP contribution in [0.1, 0.15) is 18.4 Å². The molecule has 0 aliphatic carbocycles. The Morgan fingerprint density at radius 3 is 2.38 bits per heavy atom. The van der Waals surface area contributed by atoms with Crippen molar-refractivity contribution in [1.29, 1.82) is 0 Å². The van der Waals surface area contributed by atoms with E-state index in [1.807, 2.05) is 92.0 Å². The molecule has 1 fully saturated rings. The second-order valence-electron chi connectivity index (χ2n) is 9.34. The van der Waals surface area contributed by atoms with Crippen molar-refractivity contribution in [1.82, 2.24) is 14.7 Å². The van der Waals surface area contributed by atoms with Crippen LogP contribution in [0, 0.1) is 0 Å². The molecule has 39 heavy (non-hydrogen) atoms. The van der Waals surface area contributed by atoms with Gasteiger partial charge in [0.2, 0.25) is 12.3 Å². The number of anilines is 2. The summed E-state index contributed by atoms with van der Waals surface area (Å²) >= 11 is 0. The third-order valence-corrected chi connectivity index (χ3v) is 6.73. The van der Waals surface area contributed by atoms with Crippen molar-refractivity contribution in [3.05, 3.63) is 90.5 Å². The van der Waals surface area contributed by atoms with Gasteiger partial charge in [-0.2, -0.15) is 5.10 Å². The lowest BCUT2D eigenvalue weighted by Gasteiger charge is -2.23. The molecule has 2 heterocycles. The first-order valence-electron chi connectivity index (χ1n) is 12.7. The zero-order chi connectivity index (χ0) is 27.2. The predicted octanol–water partition coefficient (Wildman–Crippen LogP) is 5.06. The van der Waals surface area contributed by atoms with Crippen LogP contribution in [-0.4, -0.2) is 45.7 Å². The molecule has 1 aromatic heterocycles. The number of ether oxygens (including phenoxy) is 1. The smallest absolute Gasteiger partial charge is 0.410 e. The molecule has 2 N–H and O–H groups in total. The molecule has 1 aliphatic rings. The predicted molar refractivity (Wildman–Crippen MR) is 149 cm³/mol. The summed E-state index contributed by atoms with van der Waals surface area (Å²) in [7, 11) is 1.88. The van der Waals surface area contributed by atoms with Crippen LogP contribution in [-0.2, 0) is 28.0 Å². The summed E-state index contributed by atoms with van der Waals surface area (Å²) in [6.07, 6.45) is 1.50. The number of benzene rings is 3. The summed E-state index contributed by atoms with van der Waals surface area (Å²) in [6, 6.07) is 25.9. The van der Waals surface area contributed by atoms with Gasteiger partial charge in [0.15, 0.2) is 0 Å². The van der Waals surface area contributed by atoms with Gasteiger partial charge in [-0.1, -0.05) is 54.6 Å². The van der Waals surface area contributed by atoms with E-state index >= 15 is 0 Å². The maximum Gasteiger partial charge on any atom is 0.410 e. The Hall–Kier alpha value is -4.92. The zero-order valence-corrected chi connectivity index (χ0v) is 21.5. The van der Waals surface area contributed by atoms with Gasteiger partial charge in [0.25, 0.3) is 0 Å². The highest BCUT2D eigenvalue weighted by Gasteiger charge is 2.35. The quantitative estimate of drug-likeness (QED) is 0.314. The van der Waals surface area contributed by atoms with Gasteiger partial charge < -0.3 is 15.4 Å². The average molecular weight is 524 g/mol. The van der Waals surface area contributed by atoms with Crippen LogP contribution < -0.4 is 10.6 Å². The number of nitrogens with one attached hydrogen (secondary N) is 2. The van der Waals surface area contributed by atoms with Crippen LogP contribution in [0.15, 0.2) is 84.9 Å². The van der Waals surface area contributed by atoms with Crippen LogP contribution in [0.2, 0.25) is 0 Å². The van der Waals surface area contributed by atoms with E-state index in [0.29, 0.717) is 25.1 Å². The second kappa shape index (κ2) is 11.6. The lowest BCUT2D eigenvalue weighted by atomic mass is 10.1. The number of aryl methyl sites for hydroxylation is 1. The Balaban J connectivity index is 1.21. The Kier molecular flexibility index (Phi) is 7.68. The highest BCUT2D eigenvalue weighted by Crippen LogP contribution is 2.28. The van der Waals surface area contributed by atoms with Gasteiger partial charge in [0.05, 0.1) is 11.4 Å². The second-order valence-corrected chi connectivity index (χ2v) is 9.34. The van der Waals surface area contributed by atoms with E-state index in [0.717, 1.165) is 40.2 Å². The van der Waals surface area contributed by atoms with Crippen molar-refractivity contribution < 1.29 is 19.1 Å². The molecule has 3 amide bonds. The molecular weight excluding hydrogens is 494 g/mol. The number of hydrogen-bond acceptors (Lipinski definition) is 5. The number of carbonyl (C=O) groups excluding carboxylic acids is 3. The summed E-state index contributed by atoms with van der Waals surface area (Å²) in [4.78, 5) is 37.8. The van der Waals surface area contributed by atoms with Crippen LogP contribution in [0.4, 0.5) is 16.2 Å². The monoisotopic (exact) mass is 523 g/mol. The van der Waals surface area contributed by atoms with Crippen molar-refractivity contribution in [2.75, 3.05) is 17.2 Å². The fourth-order valence-corrected chi connectivity index (χ4v) is 4.69. The molecule has 0 unspecified atom stereocenters. The SMILES string of the molecule is Cn1nc(-c2ccc(NC(=O)[C@@H]3CCCN3C(=O)OCc3ccccc3)cc2)cc1-c1ccc(NC=O)cc1. The summed E-state index contributed by atoms with van der Waals surface area (Å²) in [5.74, 6) is -0.232. The zero-order valence-electron chi connectivity index (χ0n) is 21.5. The molecule has 198 valence electrons. The first kappa shape index (κ1) is 25.7. The molecule has 1 aliphatic heterocycles. The van der Waals surface area contributed by atoms with Crippen molar-refractivity contribution in [2.45, 2.75) is 25.5 Å². The largest absolute Gasteiger partial charge is 0.445 e. The third-order valence-electron chi connectivity index (χ3n) is 6.73. The Labute approximate surface area is 226 Å². The Morgan fingerprint density at radius 2 is 1.67 bits per heavy atom. The molecule has 1 atom stereocenters. The molecule has 1 saturated heterocycles. The number of nitrogens with zero attached hydrogens (tertiary/aromatic N) is 3. The molecule has 0 saturated carbocycles. The van der Waals surface area contributed by atoms with Gasteiger partial charge in [-0.15, -0.1) is 0 Å². The fourth-order valence-electron chi connectivity index (χ4n) is 4.69. The number of likely N-dealkylation sites (tertiary alicyclic amines) is 1. The minimum Gasteiger partial charge on any atom is -0.445 e. The highest BCUT2D eigenvalue weighted by molar-refractivity contribution is 5.97. The van der Waals surface area contributed by atoms with E-state index in [4.69, 9.17) is 4.74 Å². The Morgan fingerprint density at radius 1 is 0.974 bits per heavy atom. The van der Waals surface area contributed by atoms with Gasteiger partial charge >= 0.3 is 6.09 Å². The van der Waals surface area contributed by atoms with Crippen LogP contribution in [0.3, 0.4) is 0 Å². The first-order chi connectivity index (χ1) is 19.0. The first-order valence-corrected chi connectivity index (χ1v) is 12.7. The van der Waals surface area contributed by atoms with Gasteiger partial charge in [0.1, 0.15) is 12.6 Å². The van der Waals surface area contributed by atoms with Gasteiger partial charge in [-0.05, 0) is 54.3 Å². The molecule has 0 radical (unpaired) electrons. The van der Waals surface area contributed by atoms with E-state index in [1.165, 1.54) is 4.90 Å². The molecule has 3 aromatic carbocycles. The lowest BCUT2D eigenvalue weighted by molar-refractivity contribution is -0.120. The van der Waals surface area contributed by atoms with Crippen LogP contribution in [0.5, 0.6) is 0 Å². The molecule has 9 nitrogen and oxygen atoms in total. The van der Waals surface area contributed by atoms with E-state index in [2.05, 4.69) is 15.7 Å². The molecule has 9 heteroatoms. The van der Waals surface area contributed by atoms with E-state index in [1.54, 1.807) is 4.68 Å². The maximum atomic E-state index is 13.0.